The molecule has 0 spiro atoms. The van der Waals surface area contributed by atoms with Crippen molar-refractivity contribution in [1.29, 1.82) is 0 Å². The highest BCUT2D eigenvalue weighted by molar-refractivity contribution is 8.14. The molecule has 21 heavy (non-hydrogen) atoms. The Morgan fingerprint density at radius 2 is 2.19 bits per heavy atom. The number of rotatable bonds is 4. The number of hydrogen-bond donors (Lipinski definition) is 1. The lowest BCUT2D eigenvalue weighted by Crippen LogP contribution is -2.21. The van der Waals surface area contributed by atoms with E-state index in [2.05, 4.69) is 31.1 Å². The number of ether oxygens (including phenoxy) is 1. The lowest BCUT2D eigenvalue weighted by molar-refractivity contribution is 0.375. The monoisotopic (exact) mass is 326 g/mol. The summed E-state index contributed by atoms with van der Waals surface area (Å²) in [5.74, 6) is 0.810. The van der Waals surface area contributed by atoms with E-state index in [0.717, 1.165) is 28.0 Å². The molecule has 2 rings (SSSR count). The number of thioether (sulfide) groups is 1. The van der Waals surface area contributed by atoms with E-state index in [1.165, 1.54) is 6.42 Å². The van der Waals surface area contributed by atoms with Crippen LogP contribution in [0, 0.1) is 5.41 Å². The van der Waals surface area contributed by atoms with Gasteiger partial charge in [0, 0.05) is 22.4 Å². The summed E-state index contributed by atoms with van der Waals surface area (Å²) >= 11 is 8.07. The van der Waals surface area contributed by atoms with E-state index < -0.39 is 0 Å². The highest BCUT2D eigenvalue weighted by atomic mass is 35.5. The number of methoxy groups -OCH3 is 1. The fourth-order valence-corrected chi connectivity index (χ4v) is 3.95. The van der Waals surface area contributed by atoms with Crippen molar-refractivity contribution in [3.05, 3.63) is 28.8 Å². The molecule has 5 heteroatoms. The van der Waals surface area contributed by atoms with Crippen LogP contribution in [0.2, 0.25) is 5.02 Å². The maximum atomic E-state index is 6.24. The van der Waals surface area contributed by atoms with E-state index in [4.69, 9.17) is 16.3 Å². The molecule has 1 aromatic rings. The SMILES string of the molecule is COc1cccc(Cl)c1CNC1=NCC(CC(C)(C)C)S1. The minimum Gasteiger partial charge on any atom is -0.496 e. The summed E-state index contributed by atoms with van der Waals surface area (Å²) in [5, 5.41) is 5.67. The molecular weight excluding hydrogens is 304 g/mol. The zero-order valence-electron chi connectivity index (χ0n) is 13.1. The predicted molar refractivity (Wildman–Crippen MR) is 92.6 cm³/mol. The van der Waals surface area contributed by atoms with Crippen LogP contribution in [0.15, 0.2) is 23.2 Å². The van der Waals surface area contributed by atoms with Gasteiger partial charge in [-0.05, 0) is 24.0 Å². The summed E-state index contributed by atoms with van der Waals surface area (Å²) in [7, 11) is 1.66. The van der Waals surface area contributed by atoms with E-state index >= 15 is 0 Å². The summed E-state index contributed by atoms with van der Waals surface area (Å²) in [6, 6.07) is 5.70. The maximum absolute atomic E-state index is 6.24. The Balaban J connectivity index is 1.91. The zero-order chi connectivity index (χ0) is 15.5. The Kier molecular flexibility index (Phi) is 5.44. The van der Waals surface area contributed by atoms with Gasteiger partial charge in [-0.25, -0.2) is 0 Å². The van der Waals surface area contributed by atoms with Gasteiger partial charge in [-0.15, -0.1) is 0 Å². The van der Waals surface area contributed by atoms with Crippen molar-refractivity contribution in [2.75, 3.05) is 13.7 Å². The first-order valence-electron chi connectivity index (χ1n) is 7.15. The first-order valence-corrected chi connectivity index (χ1v) is 8.41. The van der Waals surface area contributed by atoms with Crippen molar-refractivity contribution in [3.63, 3.8) is 0 Å². The van der Waals surface area contributed by atoms with Crippen molar-refractivity contribution in [2.45, 2.75) is 39.0 Å². The number of amidine groups is 1. The fraction of sp³-hybridized carbons (Fsp3) is 0.562. The number of nitrogens with one attached hydrogen (secondary N) is 1. The molecule has 1 heterocycles. The van der Waals surface area contributed by atoms with Gasteiger partial charge in [0.2, 0.25) is 0 Å². The maximum Gasteiger partial charge on any atom is 0.157 e. The molecule has 0 bridgehead atoms. The first kappa shape index (κ1) is 16.5. The van der Waals surface area contributed by atoms with Gasteiger partial charge in [0.15, 0.2) is 5.17 Å². The topological polar surface area (TPSA) is 33.6 Å². The molecule has 1 N–H and O–H groups in total. The van der Waals surface area contributed by atoms with E-state index in [9.17, 15) is 0 Å². The second-order valence-corrected chi connectivity index (χ2v) is 8.12. The van der Waals surface area contributed by atoms with Gasteiger partial charge >= 0.3 is 0 Å². The van der Waals surface area contributed by atoms with Crippen molar-refractivity contribution >= 4 is 28.5 Å². The van der Waals surface area contributed by atoms with Crippen molar-refractivity contribution < 1.29 is 4.74 Å². The second-order valence-electron chi connectivity index (χ2n) is 6.42. The Hall–Kier alpha value is -0.870. The van der Waals surface area contributed by atoms with Gasteiger partial charge in [0.1, 0.15) is 5.75 Å². The van der Waals surface area contributed by atoms with Crippen LogP contribution in [0.3, 0.4) is 0 Å². The highest BCUT2D eigenvalue weighted by Gasteiger charge is 2.25. The highest BCUT2D eigenvalue weighted by Crippen LogP contribution is 2.32. The van der Waals surface area contributed by atoms with Crippen LogP contribution in [-0.2, 0) is 6.54 Å². The number of nitrogens with zero attached hydrogens (tertiary/aromatic N) is 1. The Bertz CT molecular complexity index is 525. The number of aliphatic imine (C=N–C) groups is 1. The van der Waals surface area contributed by atoms with Crippen LogP contribution >= 0.6 is 23.4 Å². The molecule has 0 saturated carbocycles. The molecule has 116 valence electrons. The lowest BCUT2D eigenvalue weighted by Gasteiger charge is -2.21. The van der Waals surface area contributed by atoms with Gasteiger partial charge in [0.05, 0.1) is 13.7 Å². The van der Waals surface area contributed by atoms with Crippen LogP contribution in [0.1, 0.15) is 32.8 Å². The summed E-state index contributed by atoms with van der Waals surface area (Å²) in [5.41, 5.74) is 1.32. The third-order valence-electron chi connectivity index (χ3n) is 3.27. The first-order chi connectivity index (χ1) is 9.89. The standard InChI is InChI=1S/C16H23ClN2OS/c1-16(2,3)8-11-9-18-15(21-11)19-10-12-13(17)6-5-7-14(12)20-4/h5-7,11H,8-10H2,1-4H3,(H,18,19). The molecule has 3 nitrogen and oxygen atoms in total. The number of benzene rings is 1. The molecule has 0 fully saturated rings. The Morgan fingerprint density at radius 3 is 2.86 bits per heavy atom. The lowest BCUT2D eigenvalue weighted by atomic mass is 9.90. The van der Waals surface area contributed by atoms with E-state index in [-0.39, 0.29) is 0 Å². The molecule has 1 atom stereocenters. The molecule has 0 amide bonds. The number of hydrogen-bond acceptors (Lipinski definition) is 4. The summed E-state index contributed by atoms with van der Waals surface area (Å²) < 4.78 is 5.36. The molecule has 0 aliphatic carbocycles. The van der Waals surface area contributed by atoms with Crippen molar-refractivity contribution in [3.8, 4) is 5.75 Å². The molecular formula is C16H23ClN2OS. The van der Waals surface area contributed by atoms with Gasteiger partial charge in [-0.2, -0.15) is 0 Å². The molecule has 1 unspecified atom stereocenters. The summed E-state index contributed by atoms with van der Waals surface area (Å²) in [6.45, 7) is 8.34. The minimum absolute atomic E-state index is 0.342. The average Bonchev–Trinajstić information content (AvgIpc) is 2.82. The van der Waals surface area contributed by atoms with Crippen LogP contribution in [0.5, 0.6) is 5.75 Å². The van der Waals surface area contributed by atoms with E-state index in [1.54, 1.807) is 7.11 Å². The quantitative estimate of drug-likeness (QED) is 0.893. The van der Waals surface area contributed by atoms with Gasteiger partial charge in [0.25, 0.3) is 0 Å². The largest absolute Gasteiger partial charge is 0.496 e. The smallest absolute Gasteiger partial charge is 0.157 e. The molecule has 0 aromatic heterocycles. The molecule has 0 radical (unpaired) electrons. The Morgan fingerprint density at radius 1 is 1.43 bits per heavy atom. The van der Waals surface area contributed by atoms with E-state index in [0.29, 0.717) is 17.2 Å². The van der Waals surface area contributed by atoms with Crippen LogP contribution in [0.25, 0.3) is 0 Å². The zero-order valence-corrected chi connectivity index (χ0v) is 14.6. The van der Waals surface area contributed by atoms with Gasteiger partial charge < -0.3 is 10.1 Å². The van der Waals surface area contributed by atoms with Crippen LogP contribution in [0.4, 0.5) is 0 Å². The predicted octanol–water partition coefficient (Wildman–Crippen LogP) is 4.35. The summed E-state index contributed by atoms with van der Waals surface area (Å²) in [6.07, 6.45) is 1.17. The normalized spacial score (nSPS) is 18.5. The molecule has 1 aliphatic rings. The third-order valence-corrected chi connectivity index (χ3v) is 4.77. The van der Waals surface area contributed by atoms with Gasteiger partial charge in [-0.1, -0.05) is 50.2 Å². The van der Waals surface area contributed by atoms with Crippen LogP contribution < -0.4 is 10.1 Å². The molecule has 0 saturated heterocycles. The molecule has 1 aliphatic heterocycles. The van der Waals surface area contributed by atoms with Crippen molar-refractivity contribution in [2.24, 2.45) is 10.4 Å². The van der Waals surface area contributed by atoms with Crippen LogP contribution in [-0.4, -0.2) is 24.1 Å². The second kappa shape index (κ2) is 6.93. The summed E-state index contributed by atoms with van der Waals surface area (Å²) in [4.78, 5) is 4.59. The average molecular weight is 327 g/mol. The molecule has 1 aromatic carbocycles. The third kappa shape index (κ3) is 4.82. The number of halogens is 1. The fourth-order valence-electron chi connectivity index (χ4n) is 2.37. The van der Waals surface area contributed by atoms with Gasteiger partial charge in [-0.3, -0.25) is 4.99 Å². The van der Waals surface area contributed by atoms with E-state index in [1.807, 2.05) is 30.0 Å². The minimum atomic E-state index is 0.342. The van der Waals surface area contributed by atoms with Crippen molar-refractivity contribution in [1.82, 2.24) is 5.32 Å². The Labute approximate surface area is 136 Å².